The van der Waals surface area contributed by atoms with E-state index in [-0.39, 0.29) is 0 Å². The van der Waals surface area contributed by atoms with E-state index in [4.69, 9.17) is 4.98 Å². The molecule has 4 nitrogen and oxygen atoms in total. The minimum absolute atomic E-state index is 0.590. The van der Waals surface area contributed by atoms with Gasteiger partial charge in [-0.3, -0.25) is 4.90 Å². The molecule has 1 aliphatic carbocycles. The first-order valence-electron chi connectivity index (χ1n) is 8.92. The molecule has 23 heavy (non-hydrogen) atoms. The van der Waals surface area contributed by atoms with Crippen molar-refractivity contribution in [2.45, 2.75) is 58.0 Å². The number of nitrogens with zero attached hydrogens (tertiary/aromatic N) is 4. The Morgan fingerprint density at radius 2 is 2.13 bits per heavy atom. The number of imidazole rings is 1. The van der Waals surface area contributed by atoms with Crippen molar-refractivity contribution >= 4 is 11.3 Å². The van der Waals surface area contributed by atoms with E-state index in [1.165, 1.54) is 61.6 Å². The molecule has 3 heterocycles. The van der Waals surface area contributed by atoms with E-state index in [0.29, 0.717) is 5.92 Å². The number of hydrogen-bond donors (Lipinski definition) is 0. The maximum atomic E-state index is 4.73. The van der Waals surface area contributed by atoms with Gasteiger partial charge in [0.1, 0.15) is 5.82 Å². The topological polar surface area (TPSA) is 34.0 Å². The van der Waals surface area contributed by atoms with Gasteiger partial charge < -0.3 is 4.57 Å². The second-order valence-electron chi connectivity index (χ2n) is 7.17. The van der Waals surface area contributed by atoms with Crippen LogP contribution in [0.15, 0.2) is 17.9 Å². The van der Waals surface area contributed by atoms with E-state index >= 15 is 0 Å². The van der Waals surface area contributed by atoms with Gasteiger partial charge in [0.15, 0.2) is 0 Å². The molecule has 4 rings (SSSR count). The van der Waals surface area contributed by atoms with Crippen LogP contribution >= 0.6 is 11.3 Å². The molecule has 0 bridgehead atoms. The molecule has 1 saturated heterocycles. The number of aryl methyl sites for hydroxylation is 1. The Labute approximate surface area is 142 Å². The largest absolute Gasteiger partial charge is 0.334 e. The van der Waals surface area contributed by atoms with Crippen molar-refractivity contribution in [1.29, 1.82) is 0 Å². The minimum atomic E-state index is 0.590. The Hall–Kier alpha value is -1.20. The van der Waals surface area contributed by atoms with Gasteiger partial charge in [-0.05, 0) is 45.1 Å². The molecule has 2 fully saturated rings. The highest BCUT2D eigenvalue weighted by Crippen LogP contribution is 2.31. The van der Waals surface area contributed by atoms with Crippen LogP contribution in [0.3, 0.4) is 0 Å². The fourth-order valence-corrected chi connectivity index (χ4v) is 4.70. The number of thiazole rings is 1. The van der Waals surface area contributed by atoms with Crippen molar-refractivity contribution < 1.29 is 0 Å². The van der Waals surface area contributed by atoms with Crippen LogP contribution in [0.25, 0.3) is 0 Å². The average molecular weight is 331 g/mol. The number of likely N-dealkylation sites (tertiary alicyclic amines) is 1. The van der Waals surface area contributed by atoms with Crippen molar-refractivity contribution in [3.63, 3.8) is 0 Å². The smallest absolute Gasteiger partial charge is 0.113 e. The molecule has 0 unspecified atom stereocenters. The summed E-state index contributed by atoms with van der Waals surface area (Å²) in [6.45, 7) is 6.70. The molecule has 1 atom stereocenters. The van der Waals surface area contributed by atoms with E-state index in [9.17, 15) is 0 Å². The average Bonchev–Trinajstić information content (AvgIpc) is 3.13. The van der Waals surface area contributed by atoms with Crippen molar-refractivity contribution in [3.8, 4) is 0 Å². The first kappa shape index (κ1) is 15.3. The van der Waals surface area contributed by atoms with E-state index in [0.717, 1.165) is 19.0 Å². The second-order valence-corrected chi connectivity index (χ2v) is 8.11. The first-order valence-corrected chi connectivity index (χ1v) is 9.80. The lowest BCUT2D eigenvalue weighted by atomic mass is 9.85. The summed E-state index contributed by atoms with van der Waals surface area (Å²) < 4.78 is 2.44. The van der Waals surface area contributed by atoms with Crippen LogP contribution in [0.4, 0.5) is 0 Å². The molecule has 0 amide bonds. The Morgan fingerprint density at radius 3 is 2.87 bits per heavy atom. The van der Waals surface area contributed by atoms with Gasteiger partial charge in [0.2, 0.25) is 0 Å². The molecule has 124 valence electrons. The van der Waals surface area contributed by atoms with Crippen molar-refractivity contribution in [2.24, 2.45) is 5.92 Å². The van der Waals surface area contributed by atoms with Crippen molar-refractivity contribution in [1.82, 2.24) is 19.4 Å². The van der Waals surface area contributed by atoms with Gasteiger partial charge in [0.25, 0.3) is 0 Å². The predicted octanol–water partition coefficient (Wildman–Crippen LogP) is 3.83. The van der Waals surface area contributed by atoms with Crippen LogP contribution in [0.1, 0.15) is 54.4 Å². The quantitative estimate of drug-likeness (QED) is 0.835. The summed E-state index contributed by atoms with van der Waals surface area (Å²) >= 11 is 1.79. The van der Waals surface area contributed by atoms with Gasteiger partial charge in [-0.2, -0.15) is 0 Å². The highest BCUT2D eigenvalue weighted by Gasteiger charge is 2.26. The molecule has 2 aromatic rings. The summed E-state index contributed by atoms with van der Waals surface area (Å²) in [5.41, 5.74) is 3.17. The molecule has 1 aliphatic heterocycles. The summed E-state index contributed by atoms with van der Waals surface area (Å²) in [7, 11) is 0. The molecule has 0 aromatic carbocycles. The molecular formula is C18H26N4S. The SMILES string of the molecule is Cc1ncsc1CN1CCC[C@H](c2nccn2CC2CCC2)C1. The Balaban J connectivity index is 1.43. The fourth-order valence-electron chi connectivity index (χ4n) is 3.88. The van der Waals surface area contributed by atoms with E-state index in [1.807, 2.05) is 11.7 Å². The number of aromatic nitrogens is 3. The van der Waals surface area contributed by atoms with E-state index in [1.54, 1.807) is 11.3 Å². The molecule has 5 heteroatoms. The van der Waals surface area contributed by atoms with Crippen LogP contribution in [0.5, 0.6) is 0 Å². The molecule has 0 spiro atoms. The Morgan fingerprint density at radius 1 is 1.22 bits per heavy atom. The molecule has 0 radical (unpaired) electrons. The highest BCUT2D eigenvalue weighted by atomic mass is 32.1. The standard InChI is InChI=1S/C18H26N4S/c1-14-17(23-13-20-14)12-21-8-3-6-16(11-21)18-19-7-9-22(18)10-15-4-2-5-15/h7,9,13,15-16H,2-6,8,10-12H2,1H3/t16-/m0/s1. The van der Waals surface area contributed by atoms with Crippen LogP contribution in [-0.2, 0) is 13.1 Å². The Kier molecular flexibility index (Phi) is 4.49. The third-order valence-corrected chi connectivity index (χ3v) is 6.43. The predicted molar refractivity (Wildman–Crippen MR) is 93.7 cm³/mol. The monoisotopic (exact) mass is 330 g/mol. The van der Waals surface area contributed by atoms with Gasteiger partial charge in [-0.25, -0.2) is 9.97 Å². The normalized spacial score (nSPS) is 23.1. The molecule has 2 aliphatic rings. The molecular weight excluding hydrogens is 304 g/mol. The lowest BCUT2D eigenvalue weighted by Crippen LogP contribution is -2.35. The molecule has 0 N–H and O–H groups in total. The van der Waals surface area contributed by atoms with Crippen LogP contribution in [-0.4, -0.2) is 32.5 Å². The van der Waals surface area contributed by atoms with Gasteiger partial charge in [0.05, 0.1) is 11.2 Å². The second kappa shape index (κ2) is 6.73. The number of piperidine rings is 1. The van der Waals surface area contributed by atoms with Gasteiger partial charge in [0, 0.05) is 42.8 Å². The third-order valence-electron chi connectivity index (χ3n) is 5.51. The lowest BCUT2D eigenvalue weighted by molar-refractivity contribution is 0.192. The summed E-state index contributed by atoms with van der Waals surface area (Å²) in [5.74, 6) is 2.80. The zero-order valence-electron chi connectivity index (χ0n) is 13.9. The van der Waals surface area contributed by atoms with E-state index in [2.05, 4.69) is 27.6 Å². The zero-order valence-corrected chi connectivity index (χ0v) is 14.8. The molecule has 2 aromatic heterocycles. The van der Waals surface area contributed by atoms with Gasteiger partial charge in [-0.15, -0.1) is 11.3 Å². The van der Waals surface area contributed by atoms with Crippen molar-refractivity contribution in [2.75, 3.05) is 13.1 Å². The van der Waals surface area contributed by atoms with E-state index < -0.39 is 0 Å². The summed E-state index contributed by atoms with van der Waals surface area (Å²) in [6, 6.07) is 0. The first-order chi connectivity index (χ1) is 11.3. The van der Waals surface area contributed by atoms with Crippen LogP contribution in [0.2, 0.25) is 0 Å². The number of hydrogen-bond acceptors (Lipinski definition) is 4. The number of rotatable bonds is 5. The zero-order chi connectivity index (χ0) is 15.6. The van der Waals surface area contributed by atoms with Gasteiger partial charge in [-0.1, -0.05) is 6.42 Å². The summed E-state index contributed by atoms with van der Waals surface area (Å²) in [5, 5.41) is 0. The van der Waals surface area contributed by atoms with Crippen LogP contribution in [0, 0.1) is 12.8 Å². The van der Waals surface area contributed by atoms with Gasteiger partial charge >= 0.3 is 0 Å². The van der Waals surface area contributed by atoms with Crippen LogP contribution < -0.4 is 0 Å². The maximum absolute atomic E-state index is 4.73. The maximum Gasteiger partial charge on any atom is 0.113 e. The third kappa shape index (κ3) is 3.36. The fraction of sp³-hybridized carbons (Fsp3) is 0.667. The molecule has 1 saturated carbocycles. The minimum Gasteiger partial charge on any atom is -0.334 e. The lowest BCUT2D eigenvalue weighted by Gasteiger charge is -2.33. The highest BCUT2D eigenvalue weighted by molar-refractivity contribution is 7.09. The van der Waals surface area contributed by atoms with Crippen molar-refractivity contribution in [3.05, 3.63) is 34.3 Å². The Bertz CT molecular complexity index is 643. The summed E-state index contributed by atoms with van der Waals surface area (Å²) in [6.07, 6.45) is 11.0. The summed E-state index contributed by atoms with van der Waals surface area (Å²) in [4.78, 5) is 13.1.